The zero-order chi connectivity index (χ0) is 21.1. The number of aryl methyl sites for hydroxylation is 2. The number of nitrogens with zero attached hydrogens (tertiary/aromatic N) is 2. The summed E-state index contributed by atoms with van der Waals surface area (Å²) in [4.78, 5) is 31.0. The van der Waals surface area contributed by atoms with Crippen LogP contribution >= 0.6 is 11.3 Å². The number of hydrogen-bond donors (Lipinski definition) is 1. The van der Waals surface area contributed by atoms with Gasteiger partial charge < -0.3 is 15.0 Å². The van der Waals surface area contributed by atoms with Gasteiger partial charge in [0.05, 0.1) is 18.7 Å². The van der Waals surface area contributed by atoms with Crippen molar-refractivity contribution in [3.63, 3.8) is 0 Å². The maximum Gasteiger partial charge on any atom is 0.341 e. The predicted molar refractivity (Wildman–Crippen MR) is 121 cm³/mol. The number of thiophene rings is 1. The van der Waals surface area contributed by atoms with Crippen LogP contribution in [-0.2, 0) is 22.4 Å². The van der Waals surface area contributed by atoms with Crippen molar-refractivity contribution < 1.29 is 14.3 Å². The maximum absolute atomic E-state index is 12.7. The molecule has 1 aliphatic carbocycles. The number of carbonyl (C=O) groups is 2. The van der Waals surface area contributed by atoms with Gasteiger partial charge in [0, 0.05) is 36.7 Å². The first kappa shape index (κ1) is 20.9. The van der Waals surface area contributed by atoms with E-state index in [9.17, 15) is 9.59 Å². The van der Waals surface area contributed by atoms with Gasteiger partial charge in [-0.25, -0.2) is 4.79 Å². The monoisotopic (exact) mass is 427 g/mol. The van der Waals surface area contributed by atoms with E-state index in [1.807, 2.05) is 0 Å². The maximum atomic E-state index is 12.7. The Balaban J connectivity index is 1.36. The Hall–Kier alpha value is -2.38. The molecular formula is C23H29N3O3S. The van der Waals surface area contributed by atoms with Crippen molar-refractivity contribution in [2.24, 2.45) is 0 Å². The molecule has 0 radical (unpaired) electrons. The van der Waals surface area contributed by atoms with Crippen LogP contribution in [0.15, 0.2) is 24.3 Å². The van der Waals surface area contributed by atoms with E-state index in [2.05, 4.69) is 46.3 Å². The fourth-order valence-corrected chi connectivity index (χ4v) is 5.64. The standard InChI is InChI=1S/C23H29N3O3S/c1-3-29-23(28)21-17-8-6-10-19(17)30-22(21)24-20(27)15-25-11-13-26(14-12-25)18-9-5-4-7-16(18)2/h4-5,7,9H,3,6,8,10-15H2,1-2H3,(H,24,27). The molecule has 7 heteroatoms. The lowest BCUT2D eigenvalue weighted by Crippen LogP contribution is -2.48. The minimum absolute atomic E-state index is 0.0650. The summed E-state index contributed by atoms with van der Waals surface area (Å²) in [5.74, 6) is -0.385. The van der Waals surface area contributed by atoms with Crippen molar-refractivity contribution in [1.82, 2.24) is 4.90 Å². The van der Waals surface area contributed by atoms with Crippen LogP contribution in [0, 0.1) is 6.92 Å². The van der Waals surface area contributed by atoms with Gasteiger partial charge in [-0.15, -0.1) is 11.3 Å². The lowest BCUT2D eigenvalue weighted by atomic mass is 10.1. The SMILES string of the molecule is CCOC(=O)c1c(NC(=O)CN2CCN(c3ccccc3C)CC2)sc2c1CCC2. The molecular weight excluding hydrogens is 398 g/mol. The molecule has 4 rings (SSSR count). The number of para-hydroxylation sites is 1. The molecule has 160 valence electrons. The summed E-state index contributed by atoms with van der Waals surface area (Å²) in [6.07, 6.45) is 2.92. The van der Waals surface area contributed by atoms with Gasteiger partial charge in [-0.3, -0.25) is 9.69 Å². The van der Waals surface area contributed by atoms with Crippen molar-refractivity contribution in [3.8, 4) is 0 Å². The third-order valence-corrected chi connectivity index (χ3v) is 7.06. The van der Waals surface area contributed by atoms with E-state index in [4.69, 9.17) is 4.74 Å². The van der Waals surface area contributed by atoms with E-state index < -0.39 is 0 Å². The van der Waals surface area contributed by atoms with E-state index >= 15 is 0 Å². The van der Waals surface area contributed by atoms with Gasteiger partial charge in [0.1, 0.15) is 5.00 Å². The van der Waals surface area contributed by atoms with Crippen LogP contribution in [0.1, 0.15) is 39.7 Å². The summed E-state index contributed by atoms with van der Waals surface area (Å²) in [5.41, 5.74) is 4.20. The molecule has 0 unspecified atom stereocenters. The summed E-state index contributed by atoms with van der Waals surface area (Å²) < 4.78 is 5.25. The fraction of sp³-hybridized carbons (Fsp3) is 0.478. The first-order chi connectivity index (χ1) is 14.6. The predicted octanol–water partition coefficient (Wildman–Crippen LogP) is 3.48. The lowest BCUT2D eigenvalue weighted by molar-refractivity contribution is -0.117. The fourth-order valence-electron chi connectivity index (χ4n) is 4.35. The number of piperazine rings is 1. The Morgan fingerprint density at radius 2 is 1.90 bits per heavy atom. The van der Waals surface area contributed by atoms with Gasteiger partial charge in [0.2, 0.25) is 5.91 Å². The largest absolute Gasteiger partial charge is 0.462 e. The summed E-state index contributed by atoms with van der Waals surface area (Å²) >= 11 is 1.53. The topological polar surface area (TPSA) is 61.9 Å². The molecule has 1 amide bonds. The second kappa shape index (κ2) is 9.18. The molecule has 1 N–H and O–H groups in total. The molecule has 30 heavy (non-hydrogen) atoms. The number of benzene rings is 1. The van der Waals surface area contributed by atoms with E-state index in [1.165, 1.54) is 27.5 Å². The normalized spacial score (nSPS) is 16.4. The van der Waals surface area contributed by atoms with Crippen LogP contribution in [0.3, 0.4) is 0 Å². The second-order valence-corrected chi connectivity index (χ2v) is 8.98. The molecule has 6 nitrogen and oxygen atoms in total. The number of nitrogens with one attached hydrogen (secondary N) is 1. The third-order valence-electron chi connectivity index (χ3n) is 5.85. The molecule has 1 saturated heterocycles. The molecule has 1 fully saturated rings. The van der Waals surface area contributed by atoms with Gasteiger partial charge in [0.15, 0.2) is 0 Å². The van der Waals surface area contributed by atoms with Gasteiger partial charge in [-0.2, -0.15) is 0 Å². The number of rotatable bonds is 6. The average molecular weight is 428 g/mol. The van der Waals surface area contributed by atoms with E-state index in [-0.39, 0.29) is 11.9 Å². The first-order valence-electron chi connectivity index (χ1n) is 10.7. The van der Waals surface area contributed by atoms with Crippen molar-refractivity contribution >= 4 is 33.9 Å². The van der Waals surface area contributed by atoms with Crippen LogP contribution in [0.5, 0.6) is 0 Å². The number of hydrogen-bond acceptors (Lipinski definition) is 6. The molecule has 2 heterocycles. The number of esters is 1. The molecule has 0 bridgehead atoms. The van der Waals surface area contributed by atoms with E-state index in [1.54, 1.807) is 6.92 Å². The highest BCUT2D eigenvalue weighted by Crippen LogP contribution is 2.39. The molecule has 1 aromatic heterocycles. The number of amides is 1. The molecule has 2 aliphatic rings. The van der Waals surface area contributed by atoms with Gasteiger partial charge in [-0.1, -0.05) is 18.2 Å². The Bertz CT molecular complexity index is 932. The highest BCUT2D eigenvalue weighted by atomic mass is 32.1. The molecule has 1 aromatic carbocycles. The number of anilines is 2. The van der Waals surface area contributed by atoms with Gasteiger partial charge in [0.25, 0.3) is 0 Å². The van der Waals surface area contributed by atoms with Crippen molar-refractivity contribution in [2.45, 2.75) is 33.1 Å². The van der Waals surface area contributed by atoms with E-state index in [0.29, 0.717) is 23.7 Å². The molecule has 2 aromatic rings. The highest BCUT2D eigenvalue weighted by molar-refractivity contribution is 7.17. The minimum Gasteiger partial charge on any atom is -0.462 e. The van der Waals surface area contributed by atoms with E-state index in [0.717, 1.165) is 51.0 Å². The molecule has 0 saturated carbocycles. The van der Waals surface area contributed by atoms with Crippen LogP contribution in [0.2, 0.25) is 0 Å². The molecule has 0 atom stereocenters. The minimum atomic E-state index is -0.320. The first-order valence-corrected chi connectivity index (χ1v) is 11.5. The zero-order valence-electron chi connectivity index (χ0n) is 17.7. The Morgan fingerprint density at radius 3 is 2.63 bits per heavy atom. The quantitative estimate of drug-likeness (QED) is 0.715. The van der Waals surface area contributed by atoms with Crippen molar-refractivity contribution in [2.75, 3.05) is 49.5 Å². The third kappa shape index (κ3) is 4.37. The highest BCUT2D eigenvalue weighted by Gasteiger charge is 2.29. The van der Waals surface area contributed by atoms with Crippen LogP contribution < -0.4 is 10.2 Å². The van der Waals surface area contributed by atoms with Crippen LogP contribution in [0.4, 0.5) is 10.7 Å². The number of ether oxygens (including phenoxy) is 1. The molecule has 0 spiro atoms. The zero-order valence-corrected chi connectivity index (χ0v) is 18.5. The smallest absolute Gasteiger partial charge is 0.341 e. The second-order valence-electron chi connectivity index (χ2n) is 7.88. The van der Waals surface area contributed by atoms with Crippen LogP contribution in [-0.4, -0.2) is 56.1 Å². The summed E-state index contributed by atoms with van der Waals surface area (Å²) in [7, 11) is 0. The van der Waals surface area contributed by atoms with Gasteiger partial charge in [-0.05, 0) is 50.3 Å². The number of carbonyl (C=O) groups excluding carboxylic acids is 2. The van der Waals surface area contributed by atoms with Crippen LogP contribution in [0.25, 0.3) is 0 Å². The van der Waals surface area contributed by atoms with Gasteiger partial charge >= 0.3 is 5.97 Å². The Morgan fingerprint density at radius 1 is 1.13 bits per heavy atom. The summed E-state index contributed by atoms with van der Waals surface area (Å²) in [6.45, 7) is 8.10. The average Bonchev–Trinajstić information content (AvgIpc) is 3.30. The van der Waals surface area contributed by atoms with Crippen molar-refractivity contribution in [1.29, 1.82) is 0 Å². The summed E-state index contributed by atoms with van der Waals surface area (Å²) in [6, 6.07) is 8.42. The Labute approximate surface area is 181 Å². The van der Waals surface area contributed by atoms with Crippen molar-refractivity contribution in [3.05, 3.63) is 45.8 Å². The number of fused-ring (bicyclic) bond motifs is 1. The lowest BCUT2D eigenvalue weighted by Gasteiger charge is -2.36. The molecule has 1 aliphatic heterocycles. The summed E-state index contributed by atoms with van der Waals surface area (Å²) in [5, 5.41) is 3.66. The Kier molecular flexibility index (Phi) is 6.39.